The Morgan fingerprint density at radius 2 is 0.930 bits per heavy atom. The second-order valence-electron chi connectivity index (χ2n) is 11.0. The molecule has 0 saturated heterocycles. The molecule has 9 rings (SSSR count). The number of hydrogen-bond acceptors (Lipinski definition) is 3. The third kappa shape index (κ3) is 3.75. The molecule has 2 heterocycles. The Morgan fingerprint density at radius 1 is 0.372 bits per heavy atom. The van der Waals surface area contributed by atoms with Crippen LogP contribution in [0.4, 0.5) is 0 Å². The lowest BCUT2D eigenvalue weighted by Gasteiger charge is -2.13. The molecule has 0 aliphatic rings. The SMILES string of the molecule is c1ccc(-c2cc(-c3ccc4c(c3)c3ccccc3c3c4ccc4c5ccccc5oc43)nc(-c3ccccc3)n2)cc1. The zero-order chi connectivity index (χ0) is 28.3. The van der Waals surface area contributed by atoms with Crippen molar-refractivity contribution in [3.05, 3.63) is 146 Å². The highest BCUT2D eigenvalue weighted by atomic mass is 16.3. The van der Waals surface area contributed by atoms with E-state index < -0.39 is 0 Å². The van der Waals surface area contributed by atoms with Crippen LogP contribution in [0.1, 0.15) is 0 Å². The normalized spacial score (nSPS) is 11.7. The molecule has 0 fully saturated rings. The smallest absolute Gasteiger partial charge is 0.160 e. The minimum Gasteiger partial charge on any atom is -0.455 e. The lowest BCUT2D eigenvalue weighted by Crippen LogP contribution is -1.96. The van der Waals surface area contributed by atoms with Gasteiger partial charge in [-0.15, -0.1) is 0 Å². The number of furan rings is 1. The van der Waals surface area contributed by atoms with Crippen LogP contribution in [0.3, 0.4) is 0 Å². The third-order valence-corrected chi connectivity index (χ3v) is 8.47. The molecular weight excluding hydrogens is 524 g/mol. The van der Waals surface area contributed by atoms with E-state index in [0.29, 0.717) is 5.82 Å². The van der Waals surface area contributed by atoms with Crippen LogP contribution in [-0.2, 0) is 0 Å². The van der Waals surface area contributed by atoms with Crippen LogP contribution < -0.4 is 0 Å². The Balaban J connectivity index is 1.33. The van der Waals surface area contributed by atoms with E-state index >= 15 is 0 Å². The number of rotatable bonds is 3. The van der Waals surface area contributed by atoms with Gasteiger partial charge in [0.2, 0.25) is 0 Å². The number of hydrogen-bond donors (Lipinski definition) is 0. The first-order chi connectivity index (χ1) is 21.3. The van der Waals surface area contributed by atoms with E-state index in [1.54, 1.807) is 0 Å². The van der Waals surface area contributed by atoms with E-state index in [0.717, 1.165) is 55.4 Å². The predicted octanol–water partition coefficient (Wildman–Crippen LogP) is 10.8. The Bertz CT molecular complexity index is 2420. The van der Waals surface area contributed by atoms with Crippen molar-refractivity contribution in [2.24, 2.45) is 0 Å². The molecule has 0 bridgehead atoms. The van der Waals surface area contributed by atoms with Crippen LogP contribution in [0.2, 0.25) is 0 Å². The maximum absolute atomic E-state index is 6.51. The number of para-hydroxylation sites is 1. The van der Waals surface area contributed by atoms with Gasteiger partial charge in [-0.2, -0.15) is 0 Å². The van der Waals surface area contributed by atoms with E-state index in [2.05, 4.69) is 97.1 Å². The average molecular weight is 549 g/mol. The van der Waals surface area contributed by atoms with E-state index in [4.69, 9.17) is 14.4 Å². The second kappa shape index (κ2) is 9.37. The van der Waals surface area contributed by atoms with Crippen LogP contribution >= 0.6 is 0 Å². The zero-order valence-electron chi connectivity index (χ0n) is 23.2. The fraction of sp³-hybridized carbons (Fsp3) is 0. The number of aromatic nitrogens is 2. The summed E-state index contributed by atoms with van der Waals surface area (Å²) in [5, 5.41) is 9.40. The Kier molecular flexibility index (Phi) is 5.20. The summed E-state index contributed by atoms with van der Waals surface area (Å²) in [6, 6.07) is 50.7. The van der Waals surface area contributed by atoms with Gasteiger partial charge in [-0.3, -0.25) is 0 Å². The van der Waals surface area contributed by atoms with E-state index in [-0.39, 0.29) is 0 Å². The van der Waals surface area contributed by atoms with Gasteiger partial charge < -0.3 is 4.42 Å². The van der Waals surface area contributed by atoms with Crippen LogP contribution in [0.5, 0.6) is 0 Å². The number of benzene rings is 7. The summed E-state index contributed by atoms with van der Waals surface area (Å²) >= 11 is 0. The van der Waals surface area contributed by atoms with Crippen molar-refractivity contribution in [2.75, 3.05) is 0 Å². The molecule has 3 heteroatoms. The van der Waals surface area contributed by atoms with Gasteiger partial charge in [0.1, 0.15) is 11.2 Å². The molecule has 43 heavy (non-hydrogen) atoms. The van der Waals surface area contributed by atoms with Crippen molar-refractivity contribution in [1.82, 2.24) is 9.97 Å². The van der Waals surface area contributed by atoms with Gasteiger partial charge in [0, 0.05) is 32.8 Å². The van der Waals surface area contributed by atoms with Gasteiger partial charge in [0.05, 0.1) is 11.4 Å². The van der Waals surface area contributed by atoms with Crippen LogP contribution in [-0.4, -0.2) is 9.97 Å². The maximum Gasteiger partial charge on any atom is 0.160 e. The van der Waals surface area contributed by atoms with Gasteiger partial charge >= 0.3 is 0 Å². The molecular formula is C40H24N2O. The topological polar surface area (TPSA) is 38.9 Å². The average Bonchev–Trinajstić information content (AvgIpc) is 3.47. The highest BCUT2D eigenvalue weighted by Crippen LogP contribution is 2.42. The molecule has 0 N–H and O–H groups in total. The predicted molar refractivity (Wildman–Crippen MR) is 178 cm³/mol. The molecule has 2 aromatic heterocycles. The summed E-state index contributed by atoms with van der Waals surface area (Å²) in [4.78, 5) is 10.1. The Morgan fingerprint density at radius 3 is 1.72 bits per heavy atom. The van der Waals surface area contributed by atoms with Gasteiger partial charge in [-0.1, -0.05) is 121 Å². The first-order valence-electron chi connectivity index (χ1n) is 14.5. The van der Waals surface area contributed by atoms with Gasteiger partial charge in [0.15, 0.2) is 5.82 Å². The van der Waals surface area contributed by atoms with Crippen molar-refractivity contribution in [1.29, 1.82) is 0 Å². The van der Waals surface area contributed by atoms with Gasteiger partial charge in [-0.05, 0) is 51.2 Å². The fourth-order valence-corrected chi connectivity index (χ4v) is 6.45. The molecule has 3 nitrogen and oxygen atoms in total. The number of fused-ring (bicyclic) bond motifs is 10. The summed E-state index contributed by atoms with van der Waals surface area (Å²) < 4.78 is 6.51. The zero-order valence-corrected chi connectivity index (χ0v) is 23.2. The number of nitrogens with zero attached hydrogens (tertiary/aromatic N) is 2. The largest absolute Gasteiger partial charge is 0.455 e. The molecule has 0 atom stereocenters. The molecule has 0 saturated carbocycles. The first-order valence-corrected chi connectivity index (χ1v) is 14.5. The first kappa shape index (κ1) is 23.9. The highest BCUT2D eigenvalue weighted by Gasteiger charge is 2.17. The Hall–Kier alpha value is -5.80. The molecule has 0 amide bonds. The summed E-state index contributed by atoms with van der Waals surface area (Å²) in [7, 11) is 0. The quantitative estimate of drug-likeness (QED) is 0.206. The lowest BCUT2D eigenvalue weighted by molar-refractivity contribution is 0.673. The molecule has 7 aromatic carbocycles. The molecule has 9 aromatic rings. The van der Waals surface area contributed by atoms with Crippen molar-refractivity contribution in [3.8, 4) is 33.9 Å². The molecule has 0 radical (unpaired) electrons. The minimum absolute atomic E-state index is 0.715. The van der Waals surface area contributed by atoms with Gasteiger partial charge in [-0.25, -0.2) is 9.97 Å². The molecule has 0 unspecified atom stereocenters. The monoisotopic (exact) mass is 548 g/mol. The maximum atomic E-state index is 6.51. The van der Waals surface area contributed by atoms with E-state index in [1.165, 1.54) is 26.9 Å². The van der Waals surface area contributed by atoms with Crippen molar-refractivity contribution in [3.63, 3.8) is 0 Å². The summed E-state index contributed by atoms with van der Waals surface area (Å²) in [5.74, 6) is 0.715. The van der Waals surface area contributed by atoms with Crippen LogP contribution in [0.25, 0.3) is 88.2 Å². The standard InChI is InChI=1S/C40H24N2O/c1-3-11-25(12-4-1)35-24-36(42-40(41-35)26-13-5-2-6-14-26)27-19-20-29-32-21-22-33-30-16-9-10-18-37(30)43-39(33)38(32)31-17-8-7-15-28(31)34(29)23-27/h1-24H. The fourth-order valence-electron chi connectivity index (χ4n) is 6.45. The summed E-state index contributed by atoms with van der Waals surface area (Å²) in [6.45, 7) is 0. The second-order valence-corrected chi connectivity index (χ2v) is 11.0. The molecule has 0 aliphatic heterocycles. The molecule has 0 spiro atoms. The third-order valence-electron chi connectivity index (χ3n) is 8.47. The van der Waals surface area contributed by atoms with Crippen molar-refractivity contribution >= 4 is 54.3 Å². The molecule has 0 aliphatic carbocycles. The van der Waals surface area contributed by atoms with E-state index in [1.807, 2.05) is 48.5 Å². The van der Waals surface area contributed by atoms with Crippen molar-refractivity contribution < 1.29 is 4.42 Å². The van der Waals surface area contributed by atoms with E-state index in [9.17, 15) is 0 Å². The molecule has 200 valence electrons. The summed E-state index contributed by atoms with van der Waals surface area (Å²) in [5.41, 5.74) is 6.77. The summed E-state index contributed by atoms with van der Waals surface area (Å²) in [6.07, 6.45) is 0. The lowest BCUT2D eigenvalue weighted by atomic mass is 9.91. The Labute approximate surface area is 247 Å². The van der Waals surface area contributed by atoms with Crippen LogP contribution in [0.15, 0.2) is 150 Å². The van der Waals surface area contributed by atoms with Gasteiger partial charge in [0.25, 0.3) is 0 Å². The minimum atomic E-state index is 0.715. The van der Waals surface area contributed by atoms with Crippen LogP contribution in [0, 0.1) is 0 Å². The van der Waals surface area contributed by atoms with Crippen molar-refractivity contribution in [2.45, 2.75) is 0 Å². The highest BCUT2D eigenvalue weighted by molar-refractivity contribution is 6.32.